The fourth-order valence-corrected chi connectivity index (χ4v) is 2.87. The van der Waals surface area contributed by atoms with Gasteiger partial charge in [0.2, 0.25) is 0 Å². The van der Waals surface area contributed by atoms with Crippen LogP contribution in [0.15, 0.2) is 24.3 Å². The highest BCUT2D eigenvalue weighted by molar-refractivity contribution is 8.00. The van der Waals surface area contributed by atoms with Gasteiger partial charge >= 0.3 is 11.5 Å². The number of halogens is 3. The predicted molar refractivity (Wildman–Crippen MR) is 62.1 cm³/mol. The summed E-state index contributed by atoms with van der Waals surface area (Å²) in [4.78, 5) is 11.2. The van der Waals surface area contributed by atoms with E-state index in [1.807, 2.05) is 0 Å². The predicted octanol–water partition coefficient (Wildman–Crippen LogP) is 3.60. The van der Waals surface area contributed by atoms with Crippen molar-refractivity contribution in [3.63, 3.8) is 0 Å². The van der Waals surface area contributed by atoms with Crippen LogP contribution >= 0.6 is 11.8 Å². The standard InChI is InChI=1S/C12H11F3O2S/c1-7-4-2-3-5-8(7)11-9(6-10(16)17-11)18-12(13,14)15/h2-5,9,11H,6H2,1H3/t9-,11+/m0/s1. The van der Waals surface area contributed by atoms with Gasteiger partial charge < -0.3 is 4.74 Å². The van der Waals surface area contributed by atoms with Gasteiger partial charge in [-0.25, -0.2) is 0 Å². The summed E-state index contributed by atoms with van der Waals surface area (Å²) in [5, 5.41) is -0.904. The first kappa shape index (κ1) is 13.3. The Morgan fingerprint density at radius 2 is 2.00 bits per heavy atom. The molecule has 2 rings (SSSR count). The van der Waals surface area contributed by atoms with Crippen molar-refractivity contribution in [2.45, 2.75) is 30.2 Å². The van der Waals surface area contributed by atoms with Crippen LogP contribution in [0.1, 0.15) is 23.7 Å². The number of rotatable bonds is 2. The topological polar surface area (TPSA) is 26.3 Å². The van der Waals surface area contributed by atoms with E-state index >= 15 is 0 Å². The lowest BCUT2D eigenvalue weighted by Gasteiger charge is -2.20. The van der Waals surface area contributed by atoms with Crippen molar-refractivity contribution in [1.82, 2.24) is 0 Å². The van der Waals surface area contributed by atoms with Gasteiger partial charge in [-0.1, -0.05) is 24.3 Å². The van der Waals surface area contributed by atoms with Gasteiger partial charge in [0.15, 0.2) is 0 Å². The molecule has 1 saturated heterocycles. The fraction of sp³-hybridized carbons (Fsp3) is 0.417. The van der Waals surface area contributed by atoms with E-state index in [9.17, 15) is 18.0 Å². The molecule has 0 bridgehead atoms. The molecule has 2 atom stereocenters. The molecule has 0 amide bonds. The number of aryl methyl sites for hydroxylation is 1. The second-order valence-electron chi connectivity index (χ2n) is 4.07. The molecule has 0 aromatic heterocycles. The summed E-state index contributed by atoms with van der Waals surface area (Å²) in [6.07, 6.45) is -1.02. The average Bonchev–Trinajstić information content (AvgIpc) is 2.57. The molecule has 1 fully saturated rings. The monoisotopic (exact) mass is 276 g/mol. The Morgan fingerprint density at radius 1 is 1.33 bits per heavy atom. The van der Waals surface area contributed by atoms with Crippen LogP contribution in [0.3, 0.4) is 0 Å². The molecule has 0 radical (unpaired) electrons. The van der Waals surface area contributed by atoms with Crippen LogP contribution in [0.25, 0.3) is 0 Å². The Balaban J connectivity index is 2.25. The molecule has 2 nitrogen and oxygen atoms in total. The zero-order valence-corrected chi connectivity index (χ0v) is 10.3. The summed E-state index contributed by atoms with van der Waals surface area (Å²) in [6.45, 7) is 1.79. The maximum atomic E-state index is 12.4. The van der Waals surface area contributed by atoms with E-state index in [-0.39, 0.29) is 18.2 Å². The summed E-state index contributed by atoms with van der Waals surface area (Å²) in [5.74, 6) is -0.579. The molecule has 0 saturated carbocycles. The molecule has 6 heteroatoms. The number of esters is 1. The molecule has 98 valence electrons. The van der Waals surface area contributed by atoms with Crippen LogP contribution in [0, 0.1) is 6.92 Å². The Morgan fingerprint density at radius 3 is 2.61 bits per heavy atom. The first-order chi connectivity index (χ1) is 8.37. The van der Waals surface area contributed by atoms with Crippen LogP contribution in [-0.2, 0) is 9.53 Å². The van der Waals surface area contributed by atoms with Crippen molar-refractivity contribution >= 4 is 17.7 Å². The summed E-state index contributed by atoms with van der Waals surface area (Å²) in [7, 11) is 0. The number of thioether (sulfide) groups is 1. The van der Waals surface area contributed by atoms with Crippen LogP contribution in [0.2, 0.25) is 0 Å². The quantitative estimate of drug-likeness (QED) is 0.772. The minimum absolute atomic E-state index is 0.166. The van der Waals surface area contributed by atoms with Crippen molar-refractivity contribution < 1.29 is 22.7 Å². The molecule has 18 heavy (non-hydrogen) atoms. The van der Waals surface area contributed by atoms with E-state index in [4.69, 9.17) is 4.74 Å². The number of ether oxygens (including phenoxy) is 1. The Bertz CT molecular complexity index is 459. The highest BCUT2D eigenvalue weighted by Crippen LogP contribution is 2.45. The molecular formula is C12H11F3O2S. The van der Waals surface area contributed by atoms with E-state index in [1.165, 1.54) is 0 Å². The molecule has 1 aliphatic heterocycles. The van der Waals surface area contributed by atoms with E-state index in [0.717, 1.165) is 5.56 Å². The average molecular weight is 276 g/mol. The molecular weight excluding hydrogens is 265 g/mol. The number of cyclic esters (lactones) is 1. The molecule has 0 aliphatic carbocycles. The normalized spacial score (nSPS) is 24.1. The van der Waals surface area contributed by atoms with Gasteiger partial charge in [0, 0.05) is 0 Å². The van der Waals surface area contributed by atoms with Gasteiger partial charge in [-0.15, -0.1) is 0 Å². The second-order valence-corrected chi connectivity index (χ2v) is 5.38. The van der Waals surface area contributed by atoms with Crippen LogP contribution in [-0.4, -0.2) is 16.7 Å². The van der Waals surface area contributed by atoms with E-state index < -0.39 is 22.8 Å². The van der Waals surface area contributed by atoms with Crippen molar-refractivity contribution in [2.24, 2.45) is 0 Å². The van der Waals surface area contributed by atoms with Gasteiger partial charge in [-0.3, -0.25) is 4.79 Å². The van der Waals surface area contributed by atoms with Crippen LogP contribution < -0.4 is 0 Å². The summed E-state index contributed by atoms with van der Waals surface area (Å²) in [6, 6.07) is 7.00. The Hall–Kier alpha value is -1.17. The van der Waals surface area contributed by atoms with Gasteiger partial charge in [0.25, 0.3) is 0 Å². The highest BCUT2D eigenvalue weighted by atomic mass is 32.2. The molecule has 1 aromatic carbocycles. The summed E-state index contributed by atoms with van der Waals surface area (Å²) >= 11 is -0.166. The van der Waals surface area contributed by atoms with Crippen molar-refractivity contribution in [3.05, 3.63) is 35.4 Å². The molecule has 1 aliphatic rings. The van der Waals surface area contributed by atoms with E-state index in [2.05, 4.69) is 0 Å². The third-order valence-electron chi connectivity index (χ3n) is 2.74. The minimum atomic E-state index is -4.36. The van der Waals surface area contributed by atoms with Gasteiger partial charge in [0.05, 0.1) is 11.7 Å². The SMILES string of the molecule is Cc1ccccc1[C@H]1OC(=O)C[C@@H]1SC(F)(F)F. The van der Waals surface area contributed by atoms with Crippen LogP contribution in [0.4, 0.5) is 13.2 Å². The number of carbonyl (C=O) groups excluding carboxylic acids is 1. The van der Waals surface area contributed by atoms with Crippen molar-refractivity contribution in [3.8, 4) is 0 Å². The molecule has 1 heterocycles. The smallest absolute Gasteiger partial charge is 0.442 e. The zero-order valence-electron chi connectivity index (χ0n) is 9.53. The number of hydrogen-bond acceptors (Lipinski definition) is 3. The molecule has 0 unspecified atom stereocenters. The van der Waals surface area contributed by atoms with Crippen molar-refractivity contribution in [2.75, 3.05) is 0 Å². The first-order valence-electron chi connectivity index (χ1n) is 5.36. The fourth-order valence-electron chi connectivity index (χ4n) is 1.98. The summed E-state index contributed by atoms with van der Waals surface area (Å²) in [5.41, 5.74) is -2.89. The zero-order chi connectivity index (χ0) is 13.3. The highest BCUT2D eigenvalue weighted by Gasteiger charge is 2.44. The van der Waals surface area contributed by atoms with Gasteiger partial charge in [-0.2, -0.15) is 13.2 Å². The molecule has 1 aromatic rings. The number of hydrogen-bond donors (Lipinski definition) is 0. The Labute approximate surface area is 107 Å². The maximum Gasteiger partial charge on any atom is 0.442 e. The molecule has 0 spiro atoms. The van der Waals surface area contributed by atoms with E-state index in [0.29, 0.717) is 5.56 Å². The Kier molecular flexibility index (Phi) is 3.56. The van der Waals surface area contributed by atoms with E-state index in [1.54, 1.807) is 31.2 Å². The van der Waals surface area contributed by atoms with Gasteiger partial charge in [0.1, 0.15) is 6.10 Å². The lowest BCUT2D eigenvalue weighted by Crippen LogP contribution is -2.16. The maximum absolute atomic E-state index is 12.4. The largest absolute Gasteiger partial charge is 0.456 e. The second kappa shape index (κ2) is 4.84. The first-order valence-corrected chi connectivity index (χ1v) is 6.24. The summed E-state index contributed by atoms with van der Waals surface area (Å²) < 4.78 is 42.3. The third-order valence-corrected chi connectivity index (χ3v) is 3.73. The third kappa shape index (κ3) is 2.98. The van der Waals surface area contributed by atoms with Gasteiger partial charge in [-0.05, 0) is 29.8 Å². The van der Waals surface area contributed by atoms with Crippen molar-refractivity contribution in [1.29, 1.82) is 0 Å². The lowest BCUT2D eigenvalue weighted by molar-refractivity contribution is -0.141. The number of carbonyl (C=O) groups is 1. The number of alkyl halides is 3. The minimum Gasteiger partial charge on any atom is -0.456 e. The number of benzene rings is 1. The lowest BCUT2D eigenvalue weighted by atomic mass is 10.0. The molecule has 0 N–H and O–H groups in total. The van der Waals surface area contributed by atoms with Crippen LogP contribution in [0.5, 0.6) is 0 Å².